The van der Waals surface area contributed by atoms with E-state index in [4.69, 9.17) is 0 Å². The van der Waals surface area contributed by atoms with Crippen LogP contribution in [0.4, 0.5) is 18.9 Å². The van der Waals surface area contributed by atoms with Crippen molar-refractivity contribution in [1.29, 1.82) is 0 Å². The minimum atomic E-state index is -4.33. The van der Waals surface area contributed by atoms with Gasteiger partial charge in [-0.15, -0.1) is 0 Å². The van der Waals surface area contributed by atoms with Gasteiger partial charge in [0.1, 0.15) is 0 Å². The summed E-state index contributed by atoms with van der Waals surface area (Å²) in [5, 5.41) is 9.41. The van der Waals surface area contributed by atoms with E-state index < -0.39 is 11.7 Å². The van der Waals surface area contributed by atoms with E-state index in [1.54, 1.807) is 17.9 Å². The van der Waals surface area contributed by atoms with Gasteiger partial charge in [0.25, 0.3) is 0 Å². The van der Waals surface area contributed by atoms with Crippen LogP contribution in [0.1, 0.15) is 24.0 Å². The van der Waals surface area contributed by atoms with Gasteiger partial charge in [-0.05, 0) is 37.5 Å². The molecule has 100 valence electrons. The molecule has 5 heteroatoms. The topological polar surface area (TPSA) is 23.5 Å². The van der Waals surface area contributed by atoms with Crippen molar-refractivity contribution in [2.75, 3.05) is 18.0 Å². The van der Waals surface area contributed by atoms with Crippen LogP contribution in [0.25, 0.3) is 0 Å². The number of hydrogen-bond acceptors (Lipinski definition) is 2. The normalized spacial score (nSPS) is 18.2. The second kappa shape index (κ2) is 4.80. The first kappa shape index (κ1) is 13.2. The maximum atomic E-state index is 12.9. The molecule has 0 aliphatic carbocycles. The van der Waals surface area contributed by atoms with Gasteiger partial charge in [-0.25, -0.2) is 0 Å². The Balaban J connectivity index is 2.33. The third-order valence-electron chi connectivity index (χ3n) is 3.26. The highest BCUT2D eigenvalue weighted by Crippen LogP contribution is 2.37. The van der Waals surface area contributed by atoms with Gasteiger partial charge in [0.15, 0.2) is 0 Å². The number of benzene rings is 1. The number of alkyl halides is 3. The lowest BCUT2D eigenvalue weighted by Crippen LogP contribution is -2.37. The maximum Gasteiger partial charge on any atom is 0.418 e. The van der Waals surface area contributed by atoms with Crippen molar-refractivity contribution in [2.24, 2.45) is 0 Å². The summed E-state index contributed by atoms with van der Waals surface area (Å²) < 4.78 is 38.8. The van der Waals surface area contributed by atoms with Gasteiger partial charge in [-0.2, -0.15) is 13.2 Å². The molecule has 1 heterocycles. The van der Waals surface area contributed by atoms with Crippen LogP contribution in [0, 0.1) is 6.92 Å². The predicted octanol–water partition coefficient (Wildman–Crippen LogP) is 2.97. The number of aliphatic hydroxyl groups is 1. The first-order valence-corrected chi connectivity index (χ1v) is 5.99. The number of anilines is 1. The highest BCUT2D eigenvalue weighted by atomic mass is 19.4. The minimum Gasteiger partial charge on any atom is -0.393 e. The Kier molecular flexibility index (Phi) is 3.52. The molecule has 1 saturated heterocycles. The standard InChI is InChI=1S/C13H16F3NO/c1-9-2-3-11(13(14,15)16)12(8-9)17-6-4-10(18)5-7-17/h2-3,8,10,18H,4-7H2,1H3. The molecule has 1 N–H and O–H groups in total. The Labute approximate surface area is 104 Å². The second-order valence-corrected chi connectivity index (χ2v) is 4.74. The van der Waals surface area contributed by atoms with Crippen LogP contribution < -0.4 is 4.90 Å². The van der Waals surface area contributed by atoms with E-state index in [0.29, 0.717) is 25.9 Å². The third kappa shape index (κ3) is 2.77. The molecular formula is C13H16F3NO. The van der Waals surface area contributed by atoms with Crippen molar-refractivity contribution in [3.63, 3.8) is 0 Å². The number of halogens is 3. The lowest BCUT2D eigenvalue weighted by Gasteiger charge is -2.33. The van der Waals surface area contributed by atoms with Crippen molar-refractivity contribution < 1.29 is 18.3 Å². The molecular weight excluding hydrogens is 243 g/mol. The fourth-order valence-corrected chi connectivity index (χ4v) is 2.25. The van der Waals surface area contributed by atoms with Crippen LogP contribution in [0.15, 0.2) is 18.2 Å². The molecule has 1 aliphatic heterocycles. The van der Waals surface area contributed by atoms with Crippen LogP contribution in [0.2, 0.25) is 0 Å². The van der Waals surface area contributed by atoms with Crippen LogP contribution in [-0.2, 0) is 6.18 Å². The van der Waals surface area contributed by atoms with Crippen LogP contribution >= 0.6 is 0 Å². The summed E-state index contributed by atoms with van der Waals surface area (Å²) in [6.07, 6.45) is -3.68. The van der Waals surface area contributed by atoms with Gasteiger partial charge in [0, 0.05) is 18.8 Å². The highest BCUT2D eigenvalue weighted by Gasteiger charge is 2.35. The predicted molar refractivity (Wildman–Crippen MR) is 63.6 cm³/mol. The van der Waals surface area contributed by atoms with Gasteiger partial charge >= 0.3 is 6.18 Å². The van der Waals surface area contributed by atoms with E-state index in [2.05, 4.69) is 0 Å². The van der Waals surface area contributed by atoms with Gasteiger partial charge < -0.3 is 10.0 Å². The molecule has 0 saturated carbocycles. The molecule has 1 aromatic carbocycles. The fourth-order valence-electron chi connectivity index (χ4n) is 2.25. The van der Waals surface area contributed by atoms with Crippen molar-refractivity contribution in [3.05, 3.63) is 29.3 Å². The van der Waals surface area contributed by atoms with Crippen molar-refractivity contribution in [3.8, 4) is 0 Å². The van der Waals surface area contributed by atoms with Crippen LogP contribution in [0.5, 0.6) is 0 Å². The first-order valence-electron chi connectivity index (χ1n) is 5.99. The summed E-state index contributed by atoms with van der Waals surface area (Å²) in [7, 11) is 0. The van der Waals surface area contributed by atoms with Gasteiger partial charge in [0.05, 0.1) is 11.7 Å². The van der Waals surface area contributed by atoms with Crippen molar-refractivity contribution in [1.82, 2.24) is 0 Å². The van der Waals surface area contributed by atoms with E-state index in [9.17, 15) is 18.3 Å². The fraction of sp³-hybridized carbons (Fsp3) is 0.538. The van der Waals surface area contributed by atoms with Crippen molar-refractivity contribution in [2.45, 2.75) is 32.0 Å². The summed E-state index contributed by atoms with van der Waals surface area (Å²) in [5.41, 5.74) is 0.447. The number of hydrogen-bond donors (Lipinski definition) is 1. The van der Waals surface area contributed by atoms with Gasteiger partial charge in [0.2, 0.25) is 0 Å². The van der Waals surface area contributed by atoms with Crippen LogP contribution in [0.3, 0.4) is 0 Å². The summed E-state index contributed by atoms with van der Waals surface area (Å²) in [5.74, 6) is 0. The smallest absolute Gasteiger partial charge is 0.393 e. The summed E-state index contributed by atoms with van der Waals surface area (Å²) >= 11 is 0. The van der Waals surface area contributed by atoms with E-state index in [1.165, 1.54) is 6.07 Å². The molecule has 0 spiro atoms. The molecule has 2 rings (SSSR count). The first-order chi connectivity index (χ1) is 8.38. The largest absolute Gasteiger partial charge is 0.418 e. The number of nitrogens with zero attached hydrogens (tertiary/aromatic N) is 1. The molecule has 1 aromatic rings. The third-order valence-corrected chi connectivity index (χ3v) is 3.26. The molecule has 2 nitrogen and oxygen atoms in total. The van der Waals surface area contributed by atoms with E-state index >= 15 is 0 Å². The zero-order valence-electron chi connectivity index (χ0n) is 10.2. The maximum absolute atomic E-state index is 12.9. The summed E-state index contributed by atoms with van der Waals surface area (Å²) in [4.78, 5) is 1.71. The number of aryl methyl sites for hydroxylation is 1. The molecule has 1 aliphatic rings. The molecule has 0 bridgehead atoms. The lowest BCUT2D eigenvalue weighted by molar-refractivity contribution is -0.137. The zero-order chi connectivity index (χ0) is 13.3. The SMILES string of the molecule is Cc1ccc(C(F)(F)F)c(N2CCC(O)CC2)c1. The summed E-state index contributed by atoms with van der Waals surface area (Å²) in [6.45, 7) is 2.71. The number of piperidine rings is 1. The van der Waals surface area contributed by atoms with Gasteiger partial charge in [-0.1, -0.05) is 6.07 Å². The molecule has 0 unspecified atom stereocenters. The number of rotatable bonds is 1. The highest BCUT2D eigenvalue weighted by molar-refractivity contribution is 5.57. The molecule has 0 atom stereocenters. The molecule has 0 amide bonds. The second-order valence-electron chi connectivity index (χ2n) is 4.74. The Morgan fingerprint density at radius 3 is 2.39 bits per heavy atom. The van der Waals surface area contributed by atoms with E-state index in [0.717, 1.165) is 11.6 Å². The summed E-state index contributed by atoms with van der Waals surface area (Å²) in [6, 6.07) is 4.18. The molecule has 0 radical (unpaired) electrons. The quantitative estimate of drug-likeness (QED) is 0.838. The Bertz CT molecular complexity index is 423. The monoisotopic (exact) mass is 259 g/mol. The van der Waals surface area contributed by atoms with E-state index in [-0.39, 0.29) is 11.8 Å². The lowest BCUT2D eigenvalue weighted by atomic mass is 10.0. The van der Waals surface area contributed by atoms with Gasteiger partial charge in [-0.3, -0.25) is 0 Å². The average molecular weight is 259 g/mol. The Hall–Kier alpha value is -1.23. The average Bonchev–Trinajstić information content (AvgIpc) is 2.28. The van der Waals surface area contributed by atoms with Crippen LogP contribution in [-0.4, -0.2) is 24.3 Å². The van der Waals surface area contributed by atoms with E-state index in [1.807, 2.05) is 0 Å². The molecule has 1 fully saturated rings. The Morgan fingerprint density at radius 1 is 1.22 bits per heavy atom. The minimum absolute atomic E-state index is 0.231. The number of aliphatic hydroxyl groups excluding tert-OH is 1. The van der Waals surface area contributed by atoms with Crippen molar-refractivity contribution >= 4 is 5.69 Å². The Morgan fingerprint density at radius 2 is 1.83 bits per heavy atom. The zero-order valence-corrected chi connectivity index (χ0v) is 10.2. The molecule has 0 aromatic heterocycles. The molecule has 18 heavy (non-hydrogen) atoms.